The lowest BCUT2D eigenvalue weighted by Gasteiger charge is -2.20. The second-order valence-corrected chi connectivity index (χ2v) is 7.08. The minimum atomic E-state index is -0.167. The third-order valence-electron chi connectivity index (χ3n) is 5.14. The lowest BCUT2D eigenvalue weighted by molar-refractivity contribution is 0.0951. The van der Waals surface area contributed by atoms with Crippen LogP contribution in [0.25, 0.3) is 11.6 Å². The Morgan fingerprint density at radius 3 is 2.74 bits per heavy atom. The van der Waals surface area contributed by atoms with Crippen LogP contribution in [0.1, 0.15) is 51.2 Å². The van der Waals surface area contributed by atoms with Crippen LogP contribution in [-0.2, 0) is 0 Å². The van der Waals surface area contributed by atoms with E-state index in [1.165, 1.54) is 25.9 Å². The first-order chi connectivity index (χ1) is 13.2. The van der Waals surface area contributed by atoms with Gasteiger partial charge in [-0.15, -0.1) is 0 Å². The van der Waals surface area contributed by atoms with Gasteiger partial charge in [0.2, 0.25) is 0 Å². The average Bonchev–Trinajstić information content (AvgIpc) is 3.23. The van der Waals surface area contributed by atoms with Gasteiger partial charge in [-0.25, -0.2) is 0 Å². The van der Waals surface area contributed by atoms with Crippen LogP contribution in [0.2, 0.25) is 0 Å². The van der Waals surface area contributed by atoms with Gasteiger partial charge in [0, 0.05) is 23.9 Å². The molecule has 0 radical (unpaired) electrons. The highest BCUT2D eigenvalue weighted by Crippen LogP contribution is 2.34. The molecule has 1 N–H and O–H groups in total. The Balaban J connectivity index is 1.36. The molecular weight excluding hydrogens is 338 g/mol. The van der Waals surface area contributed by atoms with Crippen LogP contribution in [0.5, 0.6) is 0 Å². The second-order valence-electron chi connectivity index (χ2n) is 7.08. The van der Waals surface area contributed by atoms with E-state index in [0.29, 0.717) is 28.9 Å². The van der Waals surface area contributed by atoms with Gasteiger partial charge >= 0.3 is 0 Å². The number of pyridine rings is 1. The van der Waals surface area contributed by atoms with Crippen LogP contribution in [0.15, 0.2) is 42.6 Å². The van der Waals surface area contributed by atoms with Crippen molar-refractivity contribution in [3.05, 3.63) is 65.0 Å². The van der Waals surface area contributed by atoms with E-state index in [2.05, 4.69) is 15.2 Å². The van der Waals surface area contributed by atoms with Gasteiger partial charge in [0.05, 0.1) is 11.3 Å². The fraction of sp³-hybridized carbons (Fsp3) is 0.318. The molecular formula is C22H23N3O2. The largest absolute Gasteiger partial charge is 0.352 e. The number of rotatable bonds is 6. The highest BCUT2D eigenvalue weighted by molar-refractivity contribution is 6.41. The zero-order chi connectivity index (χ0) is 18.6. The maximum absolute atomic E-state index is 12.4. The second kappa shape index (κ2) is 7.84. The Morgan fingerprint density at radius 2 is 1.96 bits per heavy atom. The van der Waals surface area contributed by atoms with Gasteiger partial charge in [-0.3, -0.25) is 14.6 Å². The SMILES string of the molecule is O=C(NCCCN1CCCC1)c1cnc2c(c1)C(=O)/C2=C\c1ccccc1. The molecule has 2 aromatic rings. The summed E-state index contributed by atoms with van der Waals surface area (Å²) in [6, 6.07) is 11.3. The number of likely N-dealkylation sites (tertiary alicyclic amines) is 1. The highest BCUT2D eigenvalue weighted by Gasteiger charge is 2.32. The van der Waals surface area contributed by atoms with Crippen molar-refractivity contribution in [3.63, 3.8) is 0 Å². The van der Waals surface area contributed by atoms with Gasteiger partial charge in [-0.1, -0.05) is 30.3 Å². The molecule has 4 rings (SSSR count). The summed E-state index contributed by atoms with van der Waals surface area (Å²) < 4.78 is 0. The Hall–Kier alpha value is -2.79. The molecule has 1 aromatic heterocycles. The molecule has 0 atom stereocenters. The van der Waals surface area contributed by atoms with Gasteiger partial charge in [-0.2, -0.15) is 0 Å². The maximum Gasteiger partial charge on any atom is 0.252 e. The molecule has 1 aromatic carbocycles. The highest BCUT2D eigenvalue weighted by atomic mass is 16.1. The summed E-state index contributed by atoms with van der Waals surface area (Å²) in [5, 5.41) is 2.93. The quantitative estimate of drug-likeness (QED) is 0.635. The molecule has 2 heterocycles. The Morgan fingerprint density at radius 1 is 1.19 bits per heavy atom. The van der Waals surface area contributed by atoms with E-state index in [1.807, 2.05) is 36.4 Å². The molecule has 0 saturated carbocycles. The third kappa shape index (κ3) is 3.83. The number of amides is 1. The first-order valence-corrected chi connectivity index (χ1v) is 9.55. The summed E-state index contributed by atoms with van der Waals surface area (Å²) in [5.41, 5.74) is 3.22. The van der Waals surface area contributed by atoms with Crippen molar-refractivity contribution >= 4 is 23.3 Å². The molecule has 0 spiro atoms. The van der Waals surface area contributed by atoms with E-state index in [0.717, 1.165) is 18.5 Å². The van der Waals surface area contributed by atoms with Crippen LogP contribution >= 0.6 is 0 Å². The molecule has 1 aliphatic carbocycles. The molecule has 138 valence electrons. The smallest absolute Gasteiger partial charge is 0.252 e. The first kappa shape index (κ1) is 17.6. The van der Waals surface area contributed by atoms with Crippen LogP contribution in [-0.4, -0.2) is 47.8 Å². The molecule has 1 fully saturated rings. The monoisotopic (exact) mass is 361 g/mol. The molecule has 5 nitrogen and oxygen atoms in total. The van der Waals surface area contributed by atoms with Gasteiger partial charge in [0.15, 0.2) is 5.78 Å². The maximum atomic E-state index is 12.4. The molecule has 27 heavy (non-hydrogen) atoms. The van der Waals surface area contributed by atoms with Crippen molar-refractivity contribution in [1.82, 2.24) is 15.2 Å². The third-order valence-corrected chi connectivity index (χ3v) is 5.14. The van der Waals surface area contributed by atoms with Crippen LogP contribution < -0.4 is 5.32 Å². The fourth-order valence-corrected chi connectivity index (χ4v) is 3.63. The van der Waals surface area contributed by atoms with E-state index in [1.54, 1.807) is 12.3 Å². The molecule has 0 bridgehead atoms. The molecule has 0 unspecified atom stereocenters. The predicted octanol–water partition coefficient (Wildman–Crippen LogP) is 3.03. The Kier molecular flexibility index (Phi) is 5.12. The number of Topliss-reactive ketones (excluding diaryl/α,β-unsaturated/α-hetero) is 1. The van der Waals surface area contributed by atoms with Gasteiger partial charge in [0.1, 0.15) is 0 Å². The number of carbonyl (C=O) groups is 2. The van der Waals surface area contributed by atoms with Crippen molar-refractivity contribution in [1.29, 1.82) is 0 Å². The first-order valence-electron chi connectivity index (χ1n) is 9.55. The average molecular weight is 361 g/mol. The number of hydrogen-bond donors (Lipinski definition) is 1. The van der Waals surface area contributed by atoms with E-state index < -0.39 is 0 Å². The number of nitrogens with zero attached hydrogens (tertiary/aromatic N) is 2. The van der Waals surface area contributed by atoms with E-state index in [9.17, 15) is 9.59 Å². The van der Waals surface area contributed by atoms with Gasteiger partial charge in [0.25, 0.3) is 5.91 Å². The lowest BCUT2D eigenvalue weighted by Crippen LogP contribution is -2.29. The zero-order valence-corrected chi connectivity index (χ0v) is 15.3. The minimum Gasteiger partial charge on any atom is -0.352 e. The number of ketones is 1. The topological polar surface area (TPSA) is 62.3 Å². The molecule has 2 aliphatic rings. The summed E-state index contributed by atoms with van der Waals surface area (Å²) >= 11 is 0. The van der Waals surface area contributed by atoms with Crippen molar-refractivity contribution < 1.29 is 9.59 Å². The Bertz CT molecular complexity index is 884. The van der Waals surface area contributed by atoms with E-state index >= 15 is 0 Å². The summed E-state index contributed by atoms with van der Waals surface area (Å²) in [6.45, 7) is 4.00. The molecule has 5 heteroatoms. The van der Waals surface area contributed by atoms with E-state index in [-0.39, 0.29) is 11.7 Å². The molecule has 1 aliphatic heterocycles. The predicted molar refractivity (Wildman–Crippen MR) is 106 cm³/mol. The number of nitrogens with one attached hydrogen (secondary N) is 1. The van der Waals surface area contributed by atoms with Gasteiger partial charge < -0.3 is 10.2 Å². The number of benzene rings is 1. The molecule has 1 saturated heterocycles. The van der Waals surface area contributed by atoms with Crippen molar-refractivity contribution in [3.8, 4) is 0 Å². The number of carbonyl (C=O) groups excluding carboxylic acids is 2. The number of aromatic nitrogens is 1. The standard InChI is InChI=1S/C22H23N3O2/c26-21-18(13-16-7-2-1-3-8-16)20-19(21)14-17(15-24-20)22(27)23-9-6-12-25-10-4-5-11-25/h1-3,7-8,13-15H,4-6,9-12H2,(H,23,27)/b18-13-. The number of allylic oxidation sites excluding steroid dienone is 1. The van der Waals surface area contributed by atoms with Crippen LogP contribution in [0.4, 0.5) is 0 Å². The lowest BCUT2D eigenvalue weighted by atomic mass is 9.84. The van der Waals surface area contributed by atoms with Crippen molar-refractivity contribution in [2.45, 2.75) is 19.3 Å². The van der Waals surface area contributed by atoms with Crippen molar-refractivity contribution in [2.24, 2.45) is 0 Å². The van der Waals surface area contributed by atoms with Gasteiger partial charge in [-0.05, 0) is 56.6 Å². The number of hydrogen-bond acceptors (Lipinski definition) is 4. The fourth-order valence-electron chi connectivity index (χ4n) is 3.63. The minimum absolute atomic E-state index is 0.0509. The molecule has 1 amide bonds. The van der Waals surface area contributed by atoms with Crippen LogP contribution in [0.3, 0.4) is 0 Å². The zero-order valence-electron chi connectivity index (χ0n) is 15.3. The Labute approximate surface area is 159 Å². The summed E-state index contributed by atoms with van der Waals surface area (Å²) in [4.78, 5) is 31.5. The number of fused-ring (bicyclic) bond motifs is 1. The summed E-state index contributed by atoms with van der Waals surface area (Å²) in [7, 11) is 0. The normalized spacial score (nSPS) is 17.6. The summed E-state index contributed by atoms with van der Waals surface area (Å²) in [5.74, 6) is -0.218. The van der Waals surface area contributed by atoms with Crippen LogP contribution in [0, 0.1) is 0 Å². The van der Waals surface area contributed by atoms with Crippen molar-refractivity contribution in [2.75, 3.05) is 26.2 Å². The van der Waals surface area contributed by atoms with E-state index in [4.69, 9.17) is 0 Å². The summed E-state index contributed by atoms with van der Waals surface area (Å²) in [6.07, 6.45) is 6.90.